The summed E-state index contributed by atoms with van der Waals surface area (Å²) < 4.78 is 39.1. The number of amides is 1. The summed E-state index contributed by atoms with van der Waals surface area (Å²) in [7, 11) is 0. The van der Waals surface area contributed by atoms with Crippen LogP contribution in [0.4, 0.5) is 24.5 Å². The first-order valence-electron chi connectivity index (χ1n) is 5.20. The number of hydrogen-bond acceptors (Lipinski definition) is 3. The van der Waals surface area contributed by atoms with Crippen LogP contribution in [0.15, 0.2) is 18.2 Å². The third-order valence-corrected chi connectivity index (χ3v) is 3.50. The van der Waals surface area contributed by atoms with Gasteiger partial charge in [-0.05, 0) is 13.0 Å². The normalized spacial score (nSPS) is 10.5. The summed E-state index contributed by atoms with van der Waals surface area (Å²) in [4.78, 5) is 12.8. The average molecular weight is 286 g/mol. The van der Waals surface area contributed by atoms with E-state index in [9.17, 15) is 18.0 Å². The van der Waals surface area contributed by atoms with E-state index in [1.807, 2.05) is 0 Å². The van der Waals surface area contributed by atoms with E-state index in [0.717, 1.165) is 16.2 Å². The van der Waals surface area contributed by atoms with Crippen molar-refractivity contribution in [2.45, 2.75) is 6.92 Å². The number of benzene rings is 1. The van der Waals surface area contributed by atoms with E-state index in [0.29, 0.717) is 17.8 Å². The summed E-state index contributed by atoms with van der Waals surface area (Å²) in [6, 6.07) is 2.40. The van der Waals surface area contributed by atoms with E-state index in [4.69, 9.17) is 5.73 Å². The van der Waals surface area contributed by atoms with Gasteiger partial charge in [0, 0.05) is 22.7 Å². The van der Waals surface area contributed by atoms with Gasteiger partial charge in [-0.1, -0.05) is 0 Å². The first-order valence-corrected chi connectivity index (χ1v) is 6.02. The van der Waals surface area contributed by atoms with Crippen molar-refractivity contribution in [3.63, 3.8) is 0 Å². The summed E-state index contributed by atoms with van der Waals surface area (Å²) in [6.07, 6.45) is 0. The molecule has 0 saturated carbocycles. The van der Waals surface area contributed by atoms with Crippen molar-refractivity contribution in [3.8, 4) is 0 Å². The summed E-state index contributed by atoms with van der Waals surface area (Å²) in [5.41, 5.74) is 5.62. The Kier molecular flexibility index (Phi) is 3.48. The fraction of sp³-hybridized carbons (Fsp3) is 0.0833. The maximum atomic E-state index is 13.3. The number of carbonyl (C=O) groups excluding carboxylic acids is 1. The number of hydrogen-bond donors (Lipinski definition) is 2. The number of nitrogen functional groups attached to an aromatic ring is 1. The van der Waals surface area contributed by atoms with Crippen molar-refractivity contribution in [2.75, 3.05) is 11.1 Å². The first-order chi connectivity index (χ1) is 8.88. The zero-order chi connectivity index (χ0) is 14.2. The lowest BCUT2D eigenvalue weighted by Crippen LogP contribution is -2.12. The maximum absolute atomic E-state index is 13.3. The first kappa shape index (κ1) is 13.4. The van der Waals surface area contributed by atoms with Gasteiger partial charge in [-0.25, -0.2) is 13.2 Å². The molecule has 1 heterocycles. The number of nitrogens with one attached hydrogen (secondary N) is 1. The van der Waals surface area contributed by atoms with Crippen LogP contribution in [0, 0.1) is 24.4 Å². The predicted octanol–water partition coefficient (Wildman–Crippen LogP) is 3.31. The average Bonchev–Trinajstić information content (AvgIpc) is 2.67. The van der Waals surface area contributed by atoms with Gasteiger partial charge in [0.2, 0.25) is 0 Å². The molecule has 1 aromatic carbocycles. The molecule has 0 fully saturated rings. The molecule has 0 aliphatic heterocycles. The Morgan fingerprint density at radius 3 is 2.37 bits per heavy atom. The largest absolute Gasteiger partial charge is 0.398 e. The van der Waals surface area contributed by atoms with Crippen molar-refractivity contribution < 1.29 is 18.0 Å². The van der Waals surface area contributed by atoms with Gasteiger partial charge < -0.3 is 11.1 Å². The van der Waals surface area contributed by atoms with E-state index in [1.165, 1.54) is 6.07 Å². The molecular weight excluding hydrogens is 277 g/mol. The Labute approximate surface area is 110 Å². The van der Waals surface area contributed by atoms with Crippen LogP contribution >= 0.6 is 11.3 Å². The summed E-state index contributed by atoms with van der Waals surface area (Å²) >= 11 is 1.13. The van der Waals surface area contributed by atoms with Crippen LogP contribution in [0.25, 0.3) is 0 Å². The van der Waals surface area contributed by atoms with Gasteiger partial charge in [0.1, 0.15) is 5.82 Å². The number of anilines is 2. The zero-order valence-corrected chi connectivity index (χ0v) is 10.6. The van der Waals surface area contributed by atoms with Gasteiger partial charge in [0.15, 0.2) is 11.6 Å². The van der Waals surface area contributed by atoms with Crippen LogP contribution < -0.4 is 11.1 Å². The van der Waals surface area contributed by atoms with Crippen molar-refractivity contribution in [1.29, 1.82) is 0 Å². The van der Waals surface area contributed by atoms with Crippen molar-refractivity contribution in [2.24, 2.45) is 0 Å². The molecule has 1 amide bonds. The van der Waals surface area contributed by atoms with E-state index >= 15 is 0 Å². The molecule has 0 atom stereocenters. The van der Waals surface area contributed by atoms with Crippen molar-refractivity contribution in [3.05, 3.63) is 45.4 Å². The van der Waals surface area contributed by atoms with Crippen molar-refractivity contribution in [1.82, 2.24) is 0 Å². The SMILES string of the molecule is Cc1sc(C(=O)Nc2cc(F)c(F)cc2F)cc1N. The minimum absolute atomic E-state index is 0.263. The maximum Gasteiger partial charge on any atom is 0.265 e. The molecule has 0 aliphatic rings. The van der Waals surface area contributed by atoms with Gasteiger partial charge in [0.05, 0.1) is 10.6 Å². The molecule has 0 aliphatic carbocycles. The molecule has 3 nitrogen and oxygen atoms in total. The molecule has 19 heavy (non-hydrogen) atoms. The Hall–Kier alpha value is -2.02. The van der Waals surface area contributed by atoms with Crippen molar-refractivity contribution >= 4 is 28.6 Å². The molecule has 0 unspecified atom stereocenters. The number of carbonyl (C=O) groups is 1. The second kappa shape index (κ2) is 4.93. The molecule has 0 radical (unpaired) electrons. The highest BCUT2D eigenvalue weighted by molar-refractivity contribution is 7.14. The molecule has 0 bridgehead atoms. The highest BCUT2D eigenvalue weighted by Gasteiger charge is 2.15. The molecule has 100 valence electrons. The monoisotopic (exact) mass is 286 g/mol. The van der Waals surface area contributed by atoms with Gasteiger partial charge in [-0.3, -0.25) is 4.79 Å². The summed E-state index contributed by atoms with van der Waals surface area (Å²) in [5.74, 6) is -4.23. The minimum Gasteiger partial charge on any atom is -0.398 e. The van der Waals surface area contributed by atoms with E-state index in [2.05, 4.69) is 5.32 Å². The third-order valence-electron chi connectivity index (χ3n) is 2.44. The number of nitrogens with two attached hydrogens (primary N) is 1. The smallest absolute Gasteiger partial charge is 0.265 e. The Morgan fingerprint density at radius 2 is 1.79 bits per heavy atom. The molecule has 1 aromatic heterocycles. The van der Waals surface area contributed by atoms with E-state index in [1.54, 1.807) is 6.92 Å². The Bertz CT molecular complexity index is 635. The van der Waals surface area contributed by atoms with Gasteiger partial charge in [-0.15, -0.1) is 11.3 Å². The van der Waals surface area contributed by atoms with Crippen LogP contribution in [-0.4, -0.2) is 5.91 Å². The predicted molar refractivity (Wildman–Crippen MR) is 67.7 cm³/mol. The topological polar surface area (TPSA) is 55.1 Å². The fourth-order valence-corrected chi connectivity index (χ4v) is 2.25. The molecule has 2 aromatic rings. The molecule has 0 spiro atoms. The van der Waals surface area contributed by atoms with Gasteiger partial charge >= 0.3 is 0 Å². The highest BCUT2D eigenvalue weighted by atomic mass is 32.1. The summed E-state index contributed by atoms with van der Waals surface area (Å²) in [5, 5.41) is 2.17. The van der Waals surface area contributed by atoms with E-state index in [-0.39, 0.29) is 4.88 Å². The van der Waals surface area contributed by atoms with Crippen LogP contribution in [0.2, 0.25) is 0 Å². The molecule has 7 heteroatoms. The van der Waals surface area contributed by atoms with Crippen LogP contribution in [0.5, 0.6) is 0 Å². The molecular formula is C12H9F3N2OS. The van der Waals surface area contributed by atoms with Gasteiger partial charge in [-0.2, -0.15) is 0 Å². The Balaban J connectivity index is 2.26. The van der Waals surface area contributed by atoms with Crippen LogP contribution in [-0.2, 0) is 0 Å². The second-order valence-electron chi connectivity index (χ2n) is 3.82. The number of rotatable bonds is 2. The summed E-state index contributed by atoms with van der Waals surface area (Å²) in [6.45, 7) is 1.73. The number of thiophene rings is 1. The fourth-order valence-electron chi connectivity index (χ4n) is 1.41. The standard InChI is InChI=1S/C12H9F3N2OS/c1-5-9(16)4-11(19-5)12(18)17-10-3-7(14)6(13)2-8(10)15/h2-4H,16H2,1H3,(H,17,18). The van der Waals surface area contributed by atoms with E-state index < -0.39 is 29.0 Å². The third kappa shape index (κ3) is 2.70. The van der Waals surface area contributed by atoms with Gasteiger partial charge in [0.25, 0.3) is 5.91 Å². The molecule has 2 rings (SSSR count). The molecule has 0 saturated heterocycles. The molecule has 3 N–H and O–H groups in total. The van der Waals surface area contributed by atoms with Crippen LogP contribution in [0.1, 0.15) is 14.5 Å². The highest BCUT2D eigenvalue weighted by Crippen LogP contribution is 2.25. The minimum atomic E-state index is -1.31. The second-order valence-corrected chi connectivity index (χ2v) is 5.08. The van der Waals surface area contributed by atoms with Crippen LogP contribution in [0.3, 0.4) is 0 Å². The lowest BCUT2D eigenvalue weighted by molar-refractivity contribution is 0.103. The quantitative estimate of drug-likeness (QED) is 0.832. The number of halogens is 3. The Morgan fingerprint density at radius 1 is 1.16 bits per heavy atom. The zero-order valence-electron chi connectivity index (χ0n) is 9.76. The number of aryl methyl sites for hydroxylation is 1. The lowest BCUT2D eigenvalue weighted by Gasteiger charge is -2.05. The lowest BCUT2D eigenvalue weighted by atomic mass is 10.2.